The number of ether oxygens (including phenoxy) is 1. The molecule has 0 saturated carbocycles. The monoisotopic (exact) mass is 316 g/mol. The van der Waals surface area contributed by atoms with E-state index in [1.54, 1.807) is 6.07 Å². The molecule has 0 bridgehead atoms. The number of aliphatic hydroxyl groups is 1. The Labute approximate surface area is 115 Å². The number of hydrogen-bond acceptors (Lipinski definition) is 2. The highest BCUT2D eigenvalue weighted by atomic mass is 79.9. The SMILES string of the molecule is OC(Cc1cc(F)ccc1Br)CC1CCCCO1. The zero-order valence-corrected chi connectivity index (χ0v) is 11.8. The van der Waals surface area contributed by atoms with Crippen molar-refractivity contribution < 1.29 is 14.2 Å². The summed E-state index contributed by atoms with van der Waals surface area (Å²) in [4.78, 5) is 0. The lowest BCUT2D eigenvalue weighted by Gasteiger charge is -2.24. The van der Waals surface area contributed by atoms with E-state index >= 15 is 0 Å². The minimum absolute atomic E-state index is 0.154. The number of halogens is 2. The molecule has 0 radical (unpaired) electrons. The molecular weight excluding hydrogens is 299 g/mol. The van der Waals surface area contributed by atoms with Gasteiger partial charge in [0.1, 0.15) is 5.82 Å². The van der Waals surface area contributed by atoms with Gasteiger partial charge in [-0.1, -0.05) is 15.9 Å². The quantitative estimate of drug-likeness (QED) is 0.922. The molecule has 0 aliphatic carbocycles. The van der Waals surface area contributed by atoms with Gasteiger partial charge >= 0.3 is 0 Å². The molecule has 2 unspecified atom stereocenters. The smallest absolute Gasteiger partial charge is 0.123 e. The largest absolute Gasteiger partial charge is 0.393 e. The van der Waals surface area contributed by atoms with E-state index in [0.29, 0.717) is 12.8 Å². The highest BCUT2D eigenvalue weighted by molar-refractivity contribution is 9.10. The van der Waals surface area contributed by atoms with Crippen LogP contribution in [0.2, 0.25) is 0 Å². The van der Waals surface area contributed by atoms with E-state index in [4.69, 9.17) is 4.74 Å². The number of aliphatic hydroxyl groups excluding tert-OH is 1. The molecule has 2 rings (SSSR count). The van der Waals surface area contributed by atoms with Crippen LogP contribution < -0.4 is 0 Å². The van der Waals surface area contributed by atoms with Crippen LogP contribution in [0, 0.1) is 5.82 Å². The third kappa shape index (κ3) is 4.04. The second kappa shape index (κ2) is 6.64. The maximum absolute atomic E-state index is 13.1. The van der Waals surface area contributed by atoms with Gasteiger partial charge in [-0.3, -0.25) is 0 Å². The standard InChI is InChI=1S/C14H18BrFO2/c15-14-5-4-11(16)7-10(14)8-12(17)9-13-3-1-2-6-18-13/h4-5,7,12-13,17H,1-3,6,8-9H2. The van der Waals surface area contributed by atoms with Crippen LogP contribution >= 0.6 is 15.9 Å². The summed E-state index contributed by atoms with van der Waals surface area (Å²) in [7, 11) is 0. The van der Waals surface area contributed by atoms with Crippen molar-refractivity contribution in [2.45, 2.75) is 44.3 Å². The molecule has 0 aromatic heterocycles. The van der Waals surface area contributed by atoms with Crippen LogP contribution in [0.25, 0.3) is 0 Å². The molecule has 1 fully saturated rings. The first-order valence-corrected chi connectivity index (χ1v) is 7.18. The van der Waals surface area contributed by atoms with Gasteiger partial charge in [-0.25, -0.2) is 4.39 Å². The van der Waals surface area contributed by atoms with Gasteiger partial charge in [0.25, 0.3) is 0 Å². The lowest BCUT2D eigenvalue weighted by molar-refractivity contribution is -0.0148. The Balaban J connectivity index is 1.89. The molecule has 1 aromatic rings. The van der Waals surface area contributed by atoms with E-state index in [1.165, 1.54) is 18.6 Å². The van der Waals surface area contributed by atoms with Gasteiger partial charge in [0.05, 0.1) is 12.2 Å². The molecule has 1 aromatic carbocycles. The average molecular weight is 317 g/mol. The molecule has 4 heteroatoms. The highest BCUT2D eigenvalue weighted by Gasteiger charge is 2.19. The van der Waals surface area contributed by atoms with E-state index in [-0.39, 0.29) is 11.9 Å². The van der Waals surface area contributed by atoms with Crippen molar-refractivity contribution >= 4 is 15.9 Å². The van der Waals surface area contributed by atoms with Crippen molar-refractivity contribution in [1.82, 2.24) is 0 Å². The molecule has 2 atom stereocenters. The molecule has 1 N–H and O–H groups in total. The normalized spacial score (nSPS) is 21.8. The second-order valence-electron chi connectivity index (χ2n) is 4.82. The van der Waals surface area contributed by atoms with Crippen molar-refractivity contribution in [2.24, 2.45) is 0 Å². The number of benzene rings is 1. The van der Waals surface area contributed by atoms with E-state index in [1.807, 2.05) is 0 Å². The van der Waals surface area contributed by atoms with E-state index in [2.05, 4.69) is 15.9 Å². The fourth-order valence-corrected chi connectivity index (χ4v) is 2.74. The predicted molar refractivity (Wildman–Crippen MR) is 72.0 cm³/mol. The maximum atomic E-state index is 13.1. The predicted octanol–water partition coefficient (Wildman–Crippen LogP) is 3.45. The average Bonchev–Trinajstić information content (AvgIpc) is 2.35. The summed E-state index contributed by atoms with van der Waals surface area (Å²) in [6.45, 7) is 0.793. The topological polar surface area (TPSA) is 29.5 Å². The van der Waals surface area contributed by atoms with Crippen LogP contribution in [0.3, 0.4) is 0 Å². The lowest BCUT2D eigenvalue weighted by atomic mass is 9.99. The zero-order valence-electron chi connectivity index (χ0n) is 10.2. The summed E-state index contributed by atoms with van der Waals surface area (Å²) in [5, 5.41) is 10.0. The first kappa shape index (κ1) is 14.0. The van der Waals surface area contributed by atoms with Gasteiger partial charge in [-0.2, -0.15) is 0 Å². The number of rotatable bonds is 4. The summed E-state index contributed by atoms with van der Waals surface area (Å²) in [6.07, 6.45) is 4.05. The minimum atomic E-state index is -0.480. The lowest BCUT2D eigenvalue weighted by Crippen LogP contribution is -2.25. The van der Waals surface area contributed by atoms with Crippen LogP contribution in [0.15, 0.2) is 22.7 Å². The Kier molecular flexibility index (Phi) is 5.15. The second-order valence-corrected chi connectivity index (χ2v) is 5.67. The minimum Gasteiger partial charge on any atom is -0.393 e. The molecule has 1 heterocycles. The Morgan fingerprint density at radius 3 is 3.00 bits per heavy atom. The van der Waals surface area contributed by atoms with E-state index < -0.39 is 6.10 Å². The maximum Gasteiger partial charge on any atom is 0.123 e. The van der Waals surface area contributed by atoms with Crippen molar-refractivity contribution in [2.75, 3.05) is 6.61 Å². The molecule has 18 heavy (non-hydrogen) atoms. The van der Waals surface area contributed by atoms with Gasteiger partial charge in [-0.15, -0.1) is 0 Å². The van der Waals surface area contributed by atoms with Crippen molar-refractivity contribution in [3.05, 3.63) is 34.1 Å². The van der Waals surface area contributed by atoms with E-state index in [0.717, 1.165) is 29.5 Å². The van der Waals surface area contributed by atoms with Crippen molar-refractivity contribution in [1.29, 1.82) is 0 Å². The summed E-state index contributed by atoms with van der Waals surface area (Å²) in [5.41, 5.74) is 0.804. The van der Waals surface area contributed by atoms with Crippen LogP contribution in [-0.4, -0.2) is 23.9 Å². The summed E-state index contributed by atoms with van der Waals surface area (Å²) in [5.74, 6) is -0.269. The van der Waals surface area contributed by atoms with Gasteiger partial charge in [-0.05, 0) is 55.9 Å². The molecule has 1 aliphatic rings. The van der Waals surface area contributed by atoms with Gasteiger partial charge in [0.2, 0.25) is 0 Å². The van der Waals surface area contributed by atoms with Gasteiger partial charge in [0.15, 0.2) is 0 Å². The fraction of sp³-hybridized carbons (Fsp3) is 0.571. The van der Waals surface area contributed by atoms with Gasteiger partial charge < -0.3 is 9.84 Å². The van der Waals surface area contributed by atoms with Crippen LogP contribution in [-0.2, 0) is 11.2 Å². The van der Waals surface area contributed by atoms with Crippen LogP contribution in [0.4, 0.5) is 4.39 Å². The Bertz CT molecular complexity index is 391. The fourth-order valence-electron chi connectivity index (χ4n) is 2.33. The van der Waals surface area contributed by atoms with Gasteiger partial charge in [0, 0.05) is 11.1 Å². The summed E-state index contributed by atoms with van der Waals surface area (Å²) < 4.78 is 19.6. The van der Waals surface area contributed by atoms with Crippen molar-refractivity contribution in [3.8, 4) is 0 Å². The molecule has 2 nitrogen and oxygen atoms in total. The molecule has 1 saturated heterocycles. The van der Waals surface area contributed by atoms with Crippen LogP contribution in [0.5, 0.6) is 0 Å². The van der Waals surface area contributed by atoms with Crippen molar-refractivity contribution in [3.63, 3.8) is 0 Å². The summed E-state index contributed by atoms with van der Waals surface area (Å²) in [6, 6.07) is 4.55. The van der Waals surface area contributed by atoms with Crippen LogP contribution in [0.1, 0.15) is 31.2 Å². The molecule has 0 spiro atoms. The third-order valence-corrected chi connectivity index (χ3v) is 4.05. The third-order valence-electron chi connectivity index (χ3n) is 3.27. The first-order chi connectivity index (χ1) is 8.65. The molecule has 0 amide bonds. The summed E-state index contributed by atoms with van der Waals surface area (Å²) >= 11 is 3.38. The zero-order chi connectivity index (χ0) is 13.0. The Morgan fingerprint density at radius 2 is 2.28 bits per heavy atom. The number of hydrogen-bond donors (Lipinski definition) is 1. The van der Waals surface area contributed by atoms with E-state index in [9.17, 15) is 9.50 Å². The highest BCUT2D eigenvalue weighted by Crippen LogP contribution is 2.22. The first-order valence-electron chi connectivity index (χ1n) is 6.39. The molecule has 1 aliphatic heterocycles. The Hall–Kier alpha value is -0.450. The Morgan fingerprint density at radius 1 is 1.44 bits per heavy atom. The molecular formula is C14H18BrFO2. The molecule has 100 valence electrons.